The molecule has 3 amide bonds. The van der Waals surface area contributed by atoms with E-state index in [2.05, 4.69) is 16.0 Å². The zero-order chi connectivity index (χ0) is 28.4. The molecule has 0 fully saturated rings. The van der Waals surface area contributed by atoms with Crippen LogP contribution in [0, 0.1) is 0 Å². The predicted molar refractivity (Wildman–Crippen MR) is 140 cm³/mol. The van der Waals surface area contributed by atoms with E-state index in [1.54, 1.807) is 36.8 Å². The Morgan fingerprint density at radius 2 is 1.16 bits per heavy atom. The van der Waals surface area contributed by atoms with Crippen LogP contribution in [-0.4, -0.2) is 86.6 Å². The molecule has 0 bridgehead atoms. The standard InChI is InChI=1S/C22H34N4O9S2/c1-3-9-36-11-15(24-17(27)7-5-13(23)20(30)31)19(29)26-14(21(32)33)6-8-18(28)25-16(22(34)35)12-37-10-4-2/h3-4,9-10,13-16H,5-8,11-12,23H2,1-2H3,(H,24,27)(H,25,28)(H,26,29)(H,30,31)(H,32,33)(H,34,35)/b9-3+,10-4+/t13-,14-,15-,16-/m0/s1. The maximum Gasteiger partial charge on any atom is 0.327 e. The highest BCUT2D eigenvalue weighted by Crippen LogP contribution is 2.09. The molecule has 0 aromatic carbocycles. The molecular weight excluding hydrogens is 528 g/mol. The Bertz CT molecular complexity index is 867. The summed E-state index contributed by atoms with van der Waals surface area (Å²) in [6, 6.07) is -5.06. The third kappa shape index (κ3) is 15.6. The van der Waals surface area contributed by atoms with Crippen molar-refractivity contribution >= 4 is 59.2 Å². The normalized spacial score (nSPS) is 14.5. The summed E-state index contributed by atoms with van der Waals surface area (Å²) in [5.74, 6) is -5.95. The third-order valence-electron chi connectivity index (χ3n) is 4.55. The first-order chi connectivity index (χ1) is 17.4. The molecule has 0 spiro atoms. The first kappa shape index (κ1) is 34.0. The number of rotatable bonds is 19. The van der Waals surface area contributed by atoms with E-state index in [1.807, 2.05) is 0 Å². The fraction of sp³-hybridized carbons (Fsp3) is 0.545. The predicted octanol–water partition coefficient (Wildman–Crippen LogP) is 0.116. The van der Waals surface area contributed by atoms with Crippen LogP contribution in [-0.2, 0) is 28.8 Å². The second kappa shape index (κ2) is 19.1. The van der Waals surface area contributed by atoms with Crippen molar-refractivity contribution in [3.63, 3.8) is 0 Å². The lowest BCUT2D eigenvalue weighted by atomic mass is 10.1. The van der Waals surface area contributed by atoms with Crippen LogP contribution in [0.15, 0.2) is 23.0 Å². The number of allylic oxidation sites excluding steroid dienone is 2. The molecule has 8 N–H and O–H groups in total. The van der Waals surface area contributed by atoms with Crippen molar-refractivity contribution in [3.05, 3.63) is 23.0 Å². The first-order valence-electron chi connectivity index (χ1n) is 11.2. The molecule has 15 heteroatoms. The zero-order valence-electron chi connectivity index (χ0n) is 20.5. The average molecular weight is 563 g/mol. The summed E-state index contributed by atoms with van der Waals surface area (Å²) in [6.07, 6.45) is 2.31. The number of nitrogens with two attached hydrogens (primary N) is 1. The molecule has 0 rings (SSSR count). The minimum Gasteiger partial charge on any atom is -0.480 e. The highest BCUT2D eigenvalue weighted by molar-refractivity contribution is 8.02. The van der Waals surface area contributed by atoms with Crippen LogP contribution >= 0.6 is 23.5 Å². The van der Waals surface area contributed by atoms with Gasteiger partial charge in [-0.3, -0.25) is 19.2 Å². The maximum atomic E-state index is 12.8. The van der Waals surface area contributed by atoms with Gasteiger partial charge in [0.05, 0.1) is 0 Å². The van der Waals surface area contributed by atoms with Crippen LogP contribution in [0.4, 0.5) is 0 Å². The lowest BCUT2D eigenvalue weighted by molar-refractivity contribution is -0.143. The van der Waals surface area contributed by atoms with Crippen molar-refractivity contribution in [3.8, 4) is 0 Å². The number of carboxylic acid groups (broad SMARTS) is 3. The van der Waals surface area contributed by atoms with Gasteiger partial charge >= 0.3 is 17.9 Å². The van der Waals surface area contributed by atoms with Gasteiger partial charge in [-0.25, -0.2) is 9.59 Å². The van der Waals surface area contributed by atoms with E-state index in [-0.39, 0.29) is 37.2 Å². The molecule has 4 atom stereocenters. The van der Waals surface area contributed by atoms with Crippen molar-refractivity contribution in [2.75, 3.05) is 11.5 Å². The van der Waals surface area contributed by atoms with Gasteiger partial charge in [-0.2, -0.15) is 0 Å². The topological polar surface area (TPSA) is 225 Å². The van der Waals surface area contributed by atoms with Crippen LogP contribution in [0.1, 0.15) is 39.5 Å². The molecule has 208 valence electrons. The van der Waals surface area contributed by atoms with E-state index < -0.39 is 59.8 Å². The van der Waals surface area contributed by atoms with Crippen molar-refractivity contribution < 1.29 is 44.1 Å². The number of carbonyl (C=O) groups is 6. The quantitative estimate of drug-likeness (QED) is 0.111. The highest BCUT2D eigenvalue weighted by Gasteiger charge is 2.28. The van der Waals surface area contributed by atoms with E-state index >= 15 is 0 Å². The molecule has 0 heterocycles. The second-order valence-electron chi connectivity index (χ2n) is 7.61. The summed E-state index contributed by atoms with van der Waals surface area (Å²) in [5, 5.41) is 37.9. The Balaban J connectivity index is 5.13. The molecule has 0 saturated heterocycles. The van der Waals surface area contributed by atoms with Gasteiger partial charge in [-0.1, -0.05) is 12.2 Å². The molecule has 0 saturated carbocycles. The van der Waals surface area contributed by atoms with E-state index in [1.165, 1.54) is 23.5 Å². The highest BCUT2D eigenvalue weighted by atomic mass is 32.2. The van der Waals surface area contributed by atoms with E-state index in [4.69, 9.17) is 10.8 Å². The number of aliphatic carboxylic acids is 3. The lowest BCUT2D eigenvalue weighted by Gasteiger charge is -2.21. The molecule has 13 nitrogen and oxygen atoms in total. The molecule has 0 radical (unpaired) electrons. The number of hydrogen-bond acceptors (Lipinski definition) is 9. The molecule has 37 heavy (non-hydrogen) atoms. The second-order valence-corrected chi connectivity index (χ2v) is 9.48. The summed E-state index contributed by atoms with van der Waals surface area (Å²) < 4.78 is 0. The van der Waals surface area contributed by atoms with Gasteiger partial charge in [0.2, 0.25) is 17.7 Å². The number of carbonyl (C=O) groups excluding carboxylic acids is 3. The van der Waals surface area contributed by atoms with Crippen molar-refractivity contribution in [2.24, 2.45) is 5.73 Å². The molecule has 0 unspecified atom stereocenters. The van der Waals surface area contributed by atoms with E-state index in [0.717, 1.165) is 0 Å². The molecule has 0 aliphatic heterocycles. The zero-order valence-corrected chi connectivity index (χ0v) is 22.2. The molecule has 0 aromatic heterocycles. The minimum absolute atomic E-state index is 0.0594. The smallest absolute Gasteiger partial charge is 0.327 e. The Labute approximate surface area is 223 Å². The van der Waals surface area contributed by atoms with Gasteiger partial charge in [-0.15, -0.1) is 23.5 Å². The van der Waals surface area contributed by atoms with Gasteiger partial charge in [0.1, 0.15) is 24.2 Å². The molecule has 0 aliphatic carbocycles. The van der Waals surface area contributed by atoms with Gasteiger partial charge < -0.3 is 37.0 Å². The fourth-order valence-corrected chi connectivity index (χ4v) is 4.05. The van der Waals surface area contributed by atoms with Gasteiger partial charge in [0.25, 0.3) is 0 Å². The largest absolute Gasteiger partial charge is 0.480 e. The van der Waals surface area contributed by atoms with Crippen molar-refractivity contribution in [2.45, 2.75) is 63.7 Å². The Kier molecular flexibility index (Phi) is 17.6. The van der Waals surface area contributed by atoms with E-state index in [9.17, 15) is 39.0 Å². The Morgan fingerprint density at radius 1 is 0.703 bits per heavy atom. The van der Waals surface area contributed by atoms with Crippen LogP contribution < -0.4 is 21.7 Å². The third-order valence-corrected chi connectivity index (χ3v) is 6.53. The van der Waals surface area contributed by atoms with Gasteiger partial charge in [0.15, 0.2) is 0 Å². The van der Waals surface area contributed by atoms with Crippen molar-refractivity contribution in [1.29, 1.82) is 0 Å². The maximum absolute atomic E-state index is 12.8. The van der Waals surface area contributed by atoms with Crippen LogP contribution in [0.25, 0.3) is 0 Å². The van der Waals surface area contributed by atoms with E-state index in [0.29, 0.717) is 0 Å². The summed E-state index contributed by atoms with van der Waals surface area (Å²) in [4.78, 5) is 71.0. The summed E-state index contributed by atoms with van der Waals surface area (Å²) >= 11 is 2.37. The molecular formula is C22H34N4O9S2. The monoisotopic (exact) mass is 562 g/mol. The number of hydrogen-bond donors (Lipinski definition) is 7. The minimum atomic E-state index is -1.48. The van der Waals surface area contributed by atoms with Crippen LogP contribution in [0.5, 0.6) is 0 Å². The Hall–Kier alpha value is -3.04. The SMILES string of the molecule is C/C=C/SC[C@H](NC(=O)CC[C@H](NC(=O)[C@H](CS/C=C/C)NC(=O)CC[C@H](N)C(=O)O)C(=O)O)C(=O)O. The van der Waals surface area contributed by atoms with Gasteiger partial charge in [-0.05, 0) is 37.5 Å². The lowest BCUT2D eigenvalue weighted by Crippen LogP contribution is -2.53. The first-order valence-corrected chi connectivity index (χ1v) is 13.3. The van der Waals surface area contributed by atoms with Crippen LogP contribution in [0.3, 0.4) is 0 Å². The molecule has 0 aliphatic rings. The van der Waals surface area contributed by atoms with Crippen LogP contribution in [0.2, 0.25) is 0 Å². The summed E-state index contributed by atoms with van der Waals surface area (Å²) in [5.41, 5.74) is 5.38. The number of thioether (sulfide) groups is 2. The number of nitrogens with one attached hydrogen (secondary N) is 3. The van der Waals surface area contributed by atoms with Crippen molar-refractivity contribution in [1.82, 2.24) is 16.0 Å². The average Bonchev–Trinajstić information content (AvgIpc) is 2.83. The number of amides is 3. The molecule has 0 aromatic rings. The number of carboxylic acids is 3. The summed E-state index contributed by atoms with van der Waals surface area (Å²) in [6.45, 7) is 3.50. The van der Waals surface area contributed by atoms with Gasteiger partial charge in [0, 0.05) is 24.3 Å². The Morgan fingerprint density at radius 3 is 1.62 bits per heavy atom. The summed E-state index contributed by atoms with van der Waals surface area (Å²) in [7, 11) is 0. The fourth-order valence-electron chi connectivity index (χ4n) is 2.60.